The van der Waals surface area contributed by atoms with Crippen LogP contribution in [0, 0.1) is 0 Å². The van der Waals surface area contributed by atoms with Gasteiger partial charge in [0, 0.05) is 25.9 Å². The molecule has 1 aromatic carbocycles. The molecule has 0 radical (unpaired) electrons. The zero-order valence-corrected chi connectivity index (χ0v) is 16.9. The number of rotatable bonds is 8. The largest absolute Gasteiger partial charge is 0.493 e. The quantitative estimate of drug-likeness (QED) is 0.431. The van der Waals surface area contributed by atoms with Crippen molar-refractivity contribution in [1.29, 1.82) is 0 Å². The van der Waals surface area contributed by atoms with E-state index < -0.39 is 0 Å². The predicted molar refractivity (Wildman–Crippen MR) is 110 cm³/mol. The molecule has 29 heavy (non-hydrogen) atoms. The van der Waals surface area contributed by atoms with Crippen LogP contribution in [0.4, 0.5) is 11.9 Å². The molecule has 152 valence electrons. The van der Waals surface area contributed by atoms with Crippen molar-refractivity contribution < 1.29 is 9.47 Å². The minimum atomic E-state index is 0.422. The van der Waals surface area contributed by atoms with Gasteiger partial charge in [-0.1, -0.05) is 30.0 Å². The smallest absolute Gasteiger partial charge is 0.258 e. The number of nitrogens with zero attached hydrogens (tertiary/aromatic N) is 7. The zero-order chi connectivity index (χ0) is 19.9. The Morgan fingerprint density at radius 1 is 1.10 bits per heavy atom. The lowest BCUT2D eigenvalue weighted by Gasteiger charge is -2.26. The molecule has 1 saturated heterocycles. The van der Waals surface area contributed by atoms with Crippen LogP contribution in [0.3, 0.4) is 0 Å². The first kappa shape index (κ1) is 19.4. The molecule has 0 spiro atoms. The van der Waals surface area contributed by atoms with Crippen LogP contribution in [0.25, 0.3) is 5.95 Å². The lowest BCUT2D eigenvalue weighted by Crippen LogP contribution is -2.37. The molecule has 0 aliphatic carbocycles. The van der Waals surface area contributed by atoms with Gasteiger partial charge in [-0.25, -0.2) is 4.98 Å². The van der Waals surface area contributed by atoms with E-state index in [1.165, 1.54) is 11.8 Å². The second-order valence-corrected chi connectivity index (χ2v) is 7.15. The van der Waals surface area contributed by atoms with Crippen LogP contribution in [0.15, 0.2) is 41.8 Å². The van der Waals surface area contributed by atoms with Crippen molar-refractivity contribution in [1.82, 2.24) is 29.7 Å². The summed E-state index contributed by atoms with van der Waals surface area (Å²) in [6, 6.07) is 9.73. The highest BCUT2D eigenvalue weighted by Crippen LogP contribution is 2.17. The summed E-state index contributed by atoms with van der Waals surface area (Å²) in [5.74, 6) is 3.09. The van der Waals surface area contributed by atoms with E-state index in [1.807, 2.05) is 30.3 Å². The summed E-state index contributed by atoms with van der Waals surface area (Å²) in [5, 5.41) is 8.09. The zero-order valence-electron chi connectivity index (χ0n) is 16.1. The van der Waals surface area contributed by atoms with Crippen molar-refractivity contribution in [2.75, 3.05) is 55.9 Å². The summed E-state index contributed by atoms with van der Waals surface area (Å²) in [6.07, 6.45) is 1.61. The van der Waals surface area contributed by atoms with E-state index in [2.05, 4.69) is 35.3 Å². The SMILES string of the molecule is CNc1nc(N2CCOCC2)nc(-n2cnc(SCCOc3ccccc3)n2)n1. The van der Waals surface area contributed by atoms with Crippen LogP contribution < -0.4 is 15.0 Å². The van der Waals surface area contributed by atoms with Gasteiger partial charge in [0.05, 0.1) is 19.8 Å². The Kier molecular flexibility index (Phi) is 6.37. The normalized spacial score (nSPS) is 14.0. The molecule has 11 heteroatoms. The van der Waals surface area contributed by atoms with E-state index >= 15 is 0 Å². The Labute approximate surface area is 172 Å². The molecule has 1 aliphatic rings. The van der Waals surface area contributed by atoms with Gasteiger partial charge in [-0.15, -0.1) is 5.10 Å². The minimum absolute atomic E-state index is 0.422. The molecular weight excluding hydrogens is 392 g/mol. The third-order valence-corrected chi connectivity index (χ3v) is 4.95. The van der Waals surface area contributed by atoms with Gasteiger partial charge < -0.3 is 19.7 Å². The molecule has 3 aromatic rings. The van der Waals surface area contributed by atoms with E-state index in [0.717, 1.165) is 24.6 Å². The van der Waals surface area contributed by atoms with Gasteiger partial charge in [0.2, 0.25) is 17.1 Å². The van der Waals surface area contributed by atoms with E-state index in [9.17, 15) is 0 Å². The average molecular weight is 414 g/mol. The molecule has 0 unspecified atom stereocenters. The molecule has 2 aromatic heterocycles. The Balaban J connectivity index is 1.40. The average Bonchev–Trinajstić information content (AvgIpc) is 3.27. The molecule has 0 saturated carbocycles. The van der Waals surface area contributed by atoms with Crippen LogP contribution in [0.2, 0.25) is 0 Å². The number of ether oxygens (including phenoxy) is 2. The van der Waals surface area contributed by atoms with Crippen molar-refractivity contribution in [3.63, 3.8) is 0 Å². The second kappa shape index (κ2) is 9.52. The summed E-state index contributed by atoms with van der Waals surface area (Å²) < 4.78 is 12.7. The lowest BCUT2D eigenvalue weighted by atomic mass is 10.3. The maximum Gasteiger partial charge on any atom is 0.258 e. The van der Waals surface area contributed by atoms with Crippen LogP contribution in [-0.4, -0.2) is 75.4 Å². The number of aromatic nitrogens is 6. The predicted octanol–water partition coefficient (Wildman–Crippen LogP) is 1.50. The van der Waals surface area contributed by atoms with Crippen LogP contribution >= 0.6 is 11.8 Å². The van der Waals surface area contributed by atoms with Crippen molar-refractivity contribution in [3.8, 4) is 11.7 Å². The number of hydrogen-bond acceptors (Lipinski definition) is 10. The topological polar surface area (TPSA) is 103 Å². The minimum Gasteiger partial charge on any atom is -0.493 e. The molecule has 1 aliphatic heterocycles. The van der Waals surface area contributed by atoms with Crippen LogP contribution in [0.1, 0.15) is 0 Å². The monoisotopic (exact) mass is 414 g/mol. The van der Waals surface area contributed by atoms with Gasteiger partial charge >= 0.3 is 0 Å². The van der Waals surface area contributed by atoms with Gasteiger partial charge in [0.25, 0.3) is 5.95 Å². The molecule has 0 bridgehead atoms. The first-order valence-corrected chi connectivity index (χ1v) is 10.3. The summed E-state index contributed by atoms with van der Waals surface area (Å²) in [5.41, 5.74) is 0. The van der Waals surface area contributed by atoms with Gasteiger partial charge in [0.1, 0.15) is 12.1 Å². The fourth-order valence-corrected chi connectivity index (χ4v) is 3.31. The first-order chi connectivity index (χ1) is 14.3. The molecule has 0 atom stereocenters. The highest BCUT2D eigenvalue weighted by molar-refractivity contribution is 7.99. The van der Waals surface area contributed by atoms with E-state index in [4.69, 9.17) is 9.47 Å². The fraction of sp³-hybridized carbons (Fsp3) is 0.389. The van der Waals surface area contributed by atoms with E-state index in [0.29, 0.717) is 42.8 Å². The summed E-state index contributed by atoms with van der Waals surface area (Å²) >= 11 is 1.52. The molecule has 4 rings (SSSR count). The fourth-order valence-electron chi connectivity index (χ4n) is 2.69. The van der Waals surface area contributed by atoms with E-state index in [1.54, 1.807) is 18.1 Å². The van der Waals surface area contributed by atoms with Crippen molar-refractivity contribution in [2.45, 2.75) is 5.16 Å². The standard InChI is InChI=1S/C18H22N8O2S/c1-19-15-21-16(25-7-9-27-10-8-25)23-17(22-15)26-13-20-18(24-26)29-12-11-28-14-5-3-2-4-6-14/h2-6,13H,7-12H2,1H3,(H,19,21,22,23). The van der Waals surface area contributed by atoms with Gasteiger partial charge in [-0.3, -0.25) is 0 Å². The molecular formula is C18H22N8O2S. The molecule has 10 nitrogen and oxygen atoms in total. The maximum atomic E-state index is 5.69. The summed E-state index contributed by atoms with van der Waals surface area (Å²) in [6.45, 7) is 3.37. The second-order valence-electron chi connectivity index (χ2n) is 6.09. The Morgan fingerprint density at radius 3 is 2.69 bits per heavy atom. The Morgan fingerprint density at radius 2 is 1.90 bits per heavy atom. The number of nitrogens with one attached hydrogen (secondary N) is 1. The lowest BCUT2D eigenvalue weighted by molar-refractivity contribution is 0.122. The Bertz CT molecular complexity index is 917. The summed E-state index contributed by atoms with van der Waals surface area (Å²) in [4.78, 5) is 19.8. The van der Waals surface area contributed by atoms with Gasteiger partial charge in [-0.2, -0.15) is 19.6 Å². The van der Waals surface area contributed by atoms with Crippen molar-refractivity contribution >= 4 is 23.7 Å². The molecule has 1 fully saturated rings. The number of hydrogen-bond donors (Lipinski definition) is 1. The summed E-state index contributed by atoms with van der Waals surface area (Å²) in [7, 11) is 1.78. The number of anilines is 2. The Hall–Kier alpha value is -2.92. The third-order valence-electron chi connectivity index (χ3n) is 4.13. The van der Waals surface area contributed by atoms with E-state index in [-0.39, 0.29) is 0 Å². The van der Waals surface area contributed by atoms with Crippen LogP contribution in [0.5, 0.6) is 5.75 Å². The maximum absolute atomic E-state index is 5.69. The number of benzene rings is 1. The first-order valence-electron chi connectivity index (χ1n) is 9.31. The molecule has 1 N–H and O–H groups in total. The van der Waals surface area contributed by atoms with Crippen molar-refractivity contribution in [2.24, 2.45) is 0 Å². The van der Waals surface area contributed by atoms with Gasteiger partial charge in [-0.05, 0) is 12.1 Å². The van der Waals surface area contributed by atoms with Crippen LogP contribution in [-0.2, 0) is 4.74 Å². The third kappa shape index (κ3) is 5.12. The molecule has 3 heterocycles. The van der Waals surface area contributed by atoms with Crippen molar-refractivity contribution in [3.05, 3.63) is 36.7 Å². The number of para-hydroxylation sites is 1. The highest BCUT2D eigenvalue weighted by Gasteiger charge is 2.17. The number of morpholine rings is 1. The molecule has 0 amide bonds. The highest BCUT2D eigenvalue weighted by atomic mass is 32.2. The number of thioether (sulfide) groups is 1. The van der Waals surface area contributed by atoms with Gasteiger partial charge in [0.15, 0.2) is 0 Å².